The van der Waals surface area contributed by atoms with Gasteiger partial charge in [-0.25, -0.2) is 4.79 Å². The van der Waals surface area contributed by atoms with Crippen molar-refractivity contribution in [1.82, 2.24) is 0 Å². The average molecular weight is 402 g/mol. The zero-order valence-corrected chi connectivity index (χ0v) is 16.7. The van der Waals surface area contributed by atoms with E-state index in [9.17, 15) is 9.59 Å². The van der Waals surface area contributed by atoms with Gasteiger partial charge in [-0.3, -0.25) is 4.79 Å². The maximum atomic E-state index is 12.6. The predicted octanol–water partition coefficient (Wildman–Crippen LogP) is 5.24. The van der Waals surface area contributed by atoms with Gasteiger partial charge in [0.1, 0.15) is 0 Å². The maximum absolute atomic E-state index is 12.6. The summed E-state index contributed by atoms with van der Waals surface area (Å²) in [6, 6.07) is 20.9. The van der Waals surface area contributed by atoms with E-state index in [4.69, 9.17) is 9.47 Å². The summed E-state index contributed by atoms with van der Waals surface area (Å²) in [5.74, 6) is 0.937. The highest BCUT2D eigenvalue weighted by molar-refractivity contribution is 6.08. The Morgan fingerprint density at radius 3 is 2.23 bits per heavy atom. The topological polar surface area (TPSA) is 76.7 Å². The van der Waals surface area contributed by atoms with Gasteiger partial charge in [0.15, 0.2) is 17.3 Å². The van der Waals surface area contributed by atoms with Crippen molar-refractivity contribution in [3.05, 3.63) is 90.0 Å². The van der Waals surface area contributed by atoms with Gasteiger partial charge in [0.2, 0.25) is 0 Å². The van der Waals surface area contributed by atoms with Crippen LogP contribution < -0.4 is 20.1 Å². The van der Waals surface area contributed by atoms with Crippen molar-refractivity contribution in [3.63, 3.8) is 0 Å². The molecule has 0 heterocycles. The molecule has 0 aromatic heterocycles. The maximum Gasteiger partial charge on any atom is 0.323 e. The van der Waals surface area contributed by atoms with Gasteiger partial charge in [-0.2, -0.15) is 0 Å². The van der Waals surface area contributed by atoms with E-state index in [-0.39, 0.29) is 11.8 Å². The number of anilines is 2. The van der Waals surface area contributed by atoms with Crippen LogP contribution in [0.5, 0.6) is 11.5 Å². The summed E-state index contributed by atoms with van der Waals surface area (Å²) in [7, 11) is 3.11. The van der Waals surface area contributed by atoms with Crippen molar-refractivity contribution < 1.29 is 19.1 Å². The molecule has 0 aliphatic rings. The number of ether oxygens (including phenoxy) is 2. The Morgan fingerprint density at radius 1 is 0.800 bits per heavy atom. The summed E-state index contributed by atoms with van der Waals surface area (Å²) in [6.07, 6.45) is 3.13. The zero-order valence-electron chi connectivity index (χ0n) is 16.7. The lowest BCUT2D eigenvalue weighted by molar-refractivity contribution is 0.104. The first-order valence-corrected chi connectivity index (χ1v) is 9.27. The third-order valence-corrected chi connectivity index (χ3v) is 4.28. The average Bonchev–Trinajstić information content (AvgIpc) is 2.77. The lowest BCUT2D eigenvalue weighted by Gasteiger charge is -2.10. The lowest BCUT2D eigenvalue weighted by Crippen LogP contribution is -2.19. The van der Waals surface area contributed by atoms with E-state index >= 15 is 0 Å². The summed E-state index contributed by atoms with van der Waals surface area (Å²) in [5, 5.41) is 5.46. The van der Waals surface area contributed by atoms with Gasteiger partial charge in [0.25, 0.3) is 0 Å². The smallest absolute Gasteiger partial charge is 0.323 e. The van der Waals surface area contributed by atoms with E-state index in [0.29, 0.717) is 28.4 Å². The second-order valence-electron chi connectivity index (χ2n) is 6.31. The van der Waals surface area contributed by atoms with Gasteiger partial charge in [-0.05, 0) is 42.5 Å². The Hall–Kier alpha value is -4.06. The van der Waals surface area contributed by atoms with Gasteiger partial charge in [0.05, 0.1) is 14.2 Å². The molecule has 152 valence electrons. The van der Waals surface area contributed by atoms with Crippen molar-refractivity contribution in [2.24, 2.45) is 0 Å². The van der Waals surface area contributed by atoms with E-state index in [1.807, 2.05) is 30.3 Å². The summed E-state index contributed by atoms with van der Waals surface area (Å²) in [6.45, 7) is 0. The number of amides is 2. The highest BCUT2D eigenvalue weighted by Crippen LogP contribution is 2.31. The molecule has 3 aromatic rings. The van der Waals surface area contributed by atoms with Crippen molar-refractivity contribution in [1.29, 1.82) is 0 Å². The van der Waals surface area contributed by atoms with Crippen LogP contribution in [0.25, 0.3) is 6.08 Å². The molecule has 0 radical (unpaired) electrons. The number of rotatable bonds is 7. The number of urea groups is 1. The molecular weight excluding hydrogens is 380 g/mol. The SMILES string of the molecule is COc1cccc(/C=C/C(=O)c2cccc(NC(=O)Nc3ccccc3)c2)c1OC. The van der Waals surface area contributed by atoms with E-state index < -0.39 is 0 Å². The van der Waals surface area contributed by atoms with E-state index in [0.717, 1.165) is 5.56 Å². The summed E-state index contributed by atoms with van der Waals surface area (Å²) < 4.78 is 10.6. The molecule has 0 saturated carbocycles. The standard InChI is InChI=1S/C24H22N2O4/c1-29-22-13-7-8-17(23(22)30-2)14-15-21(27)18-9-6-12-20(16-18)26-24(28)25-19-10-4-3-5-11-19/h3-16H,1-2H3,(H2,25,26,28)/b15-14+. The first-order chi connectivity index (χ1) is 14.6. The minimum absolute atomic E-state index is 0.202. The Kier molecular flexibility index (Phi) is 6.84. The van der Waals surface area contributed by atoms with Crippen LogP contribution in [0.1, 0.15) is 15.9 Å². The van der Waals surface area contributed by atoms with Gasteiger partial charge in [-0.15, -0.1) is 0 Å². The Morgan fingerprint density at radius 2 is 1.50 bits per heavy atom. The van der Waals surface area contributed by atoms with Crippen LogP contribution in [0.2, 0.25) is 0 Å². The van der Waals surface area contributed by atoms with E-state index in [2.05, 4.69) is 10.6 Å². The number of ketones is 1. The molecule has 6 nitrogen and oxygen atoms in total. The number of hydrogen-bond acceptors (Lipinski definition) is 4. The molecule has 2 N–H and O–H groups in total. The first kappa shape index (κ1) is 20.7. The summed E-state index contributed by atoms with van der Waals surface area (Å²) >= 11 is 0. The van der Waals surface area contributed by atoms with Crippen molar-refractivity contribution in [2.45, 2.75) is 0 Å². The van der Waals surface area contributed by atoms with Crippen LogP contribution in [0.15, 0.2) is 78.9 Å². The third-order valence-electron chi connectivity index (χ3n) is 4.28. The van der Waals surface area contributed by atoms with Gasteiger partial charge < -0.3 is 20.1 Å². The van der Waals surface area contributed by atoms with Crippen LogP contribution >= 0.6 is 0 Å². The Balaban J connectivity index is 1.70. The van der Waals surface area contributed by atoms with Crippen LogP contribution in [0, 0.1) is 0 Å². The molecule has 2 amide bonds. The quantitative estimate of drug-likeness (QED) is 0.418. The van der Waals surface area contributed by atoms with Gasteiger partial charge in [0, 0.05) is 22.5 Å². The third kappa shape index (κ3) is 5.26. The molecule has 0 aliphatic carbocycles. The van der Waals surface area contributed by atoms with Gasteiger partial charge >= 0.3 is 6.03 Å². The second-order valence-corrected chi connectivity index (χ2v) is 6.31. The number of benzene rings is 3. The van der Waals surface area contributed by atoms with Crippen molar-refractivity contribution in [3.8, 4) is 11.5 Å². The van der Waals surface area contributed by atoms with Crippen LogP contribution in [0.3, 0.4) is 0 Å². The lowest BCUT2D eigenvalue weighted by atomic mass is 10.1. The molecule has 6 heteroatoms. The molecule has 3 rings (SSSR count). The summed E-state index contributed by atoms with van der Waals surface area (Å²) in [5.41, 5.74) is 2.37. The predicted molar refractivity (Wildman–Crippen MR) is 118 cm³/mol. The largest absolute Gasteiger partial charge is 0.493 e. The zero-order chi connectivity index (χ0) is 21.3. The summed E-state index contributed by atoms with van der Waals surface area (Å²) in [4.78, 5) is 24.8. The monoisotopic (exact) mass is 402 g/mol. The molecule has 0 aliphatic heterocycles. The van der Waals surface area contributed by atoms with Crippen molar-refractivity contribution in [2.75, 3.05) is 24.9 Å². The van der Waals surface area contributed by atoms with Crippen LogP contribution in [0.4, 0.5) is 16.2 Å². The fourth-order valence-corrected chi connectivity index (χ4v) is 2.87. The molecule has 0 unspecified atom stereocenters. The number of para-hydroxylation sites is 2. The molecule has 3 aromatic carbocycles. The number of carbonyl (C=O) groups is 2. The van der Waals surface area contributed by atoms with E-state index in [1.54, 1.807) is 62.8 Å². The van der Waals surface area contributed by atoms with Gasteiger partial charge in [-0.1, -0.05) is 42.5 Å². The number of methoxy groups -OCH3 is 2. The highest BCUT2D eigenvalue weighted by Gasteiger charge is 2.09. The normalized spacial score (nSPS) is 10.5. The molecule has 0 saturated heterocycles. The fraction of sp³-hybridized carbons (Fsp3) is 0.0833. The van der Waals surface area contributed by atoms with E-state index in [1.165, 1.54) is 6.08 Å². The number of allylic oxidation sites excluding steroid dienone is 1. The second kappa shape index (κ2) is 9.93. The number of carbonyl (C=O) groups excluding carboxylic acids is 2. The molecule has 0 bridgehead atoms. The highest BCUT2D eigenvalue weighted by atomic mass is 16.5. The minimum atomic E-state index is -0.387. The fourth-order valence-electron chi connectivity index (χ4n) is 2.87. The molecule has 30 heavy (non-hydrogen) atoms. The minimum Gasteiger partial charge on any atom is -0.493 e. The Labute approximate surface area is 175 Å². The van der Waals surface area contributed by atoms with Crippen LogP contribution in [-0.4, -0.2) is 26.0 Å². The molecular formula is C24H22N2O4. The number of hydrogen-bond donors (Lipinski definition) is 2. The van der Waals surface area contributed by atoms with Crippen molar-refractivity contribution >= 4 is 29.3 Å². The molecule has 0 atom stereocenters. The molecule has 0 fully saturated rings. The Bertz CT molecular complexity index is 1060. The van der Waals surface area contributed by atoms with Crippen LogP contribution in [-0.2, 0) is 0 Å². The number of nitrogens with one attached hydrogen (secondary N) is 2. The first-order valence-electron chi connectivity index (χ1n) is 9.27. The molecule has 0 spiro atoms.